The summed E-state index contributed by atoms with van der Waals surface area (Å²) < 4.78 is 5.31. The summed E-state index contributed by atoms with van der Waals surface area (Å²) >= 11 is 0. The highest BCUT2D eigenvalue weighted by Crippen LogP contribution is 2.07. The first-order valence-corrected chi connectivity index (χ1v) is 5.65. The van der Waals surface area contributed by atoms with Crippen molar-refractivity contribution in [3.8, 4) is 0 Å². The summed E-state index contributed by atoms with van der Waals surface area (Å²) in [5, 5.41) is 6.16. The molecule has 0 saturated carbocycles. The van der Waals surface area contributed by atoms with E-state index in [9.17, 15) is 4.79 Å². The number of carbonyl (C=O) groups is 1. The lowest BCUT2D eigenvalue weighted by atomic mass is 10.3. The number of unbranched alkanes of at least 4 members (excludes halogenated alkanes) is 1. The molecule has 6 heteroatoms. The molecule has 0 atom stereocenters. The number of furan rings is 1. The molecular formula is C11H16N4O2. The number of amides is 1. The molecule has 1 amide bonds. The lowest BCUT2D eigenvalue weighted by molar-refractivity contribution is 0.0923. The minimum atomic E-state index is -0.200. The van der Waals surface area contributed by atoms with Crippen LogP contribution in [0.5, 0.6) is 0 Å². The van der Waals surface area contributed by atoms with Gasteiger partial charge in [-0.2, -0.15) is 0 Å². The van der Waals surface area contributed by atoms with Crippen molar-refractivity contribution < 1.29 is 9.21 Å². The molecule has 0 aliphatic rings. The van der Waals surface area contributed by atoms with Crippen LogP contribution in [0.1, 0.15) is 36.1 Å². The predicted octanol–water partition coefficient (Wildman–Crippen LogP) is 2.66. The third kappa shape index (κ3) is 4.61. The van der Waals surface area contributed by atoms with Crippen molar-refractivity contribution in [3.63, 3.8) is 0 Å². The van der Waals surface area contributed by atoms with Crippen LogP contribution in [0.25, 0.3) is 10.4 Å². The molecule has 1 aromatic rings. The smallest absolute Gasteiger partial charge is 0.286 e. The van der Waals surface area contributed by atoms with Gasteiger partial charge in [-0.05, 0) is 30.5 Å². The number of hydrogen-bond acceptors (Lipinski definition) is 3. The van der Waals surface area contributed by atoms with Gasteiger partial charge in [0.15, 0.2) is 5.76 Å². The third-order valence-electron chi connectivity index (χ3n) is 2.27. The van der Waals surface area contributed by atoms with E-state index >= 15 is 0 Å². The minimum absolute atomic E-state index is 0.200. The molecule has 0 unspecified atom stereocenters. The maximum atomic E-state index is 11.6. The zero-order chi connectivity index (χ0) is 12.5. The Kier molecular flexibility index (Phi) is 5.68. The molecule has 0 saturated heterocycles. The highest BCUT2D eigenvalue weighted by Gasteiger charge is 2.09. The van der Waals surface area contributed by atoms with Crippen LogP contribution in [0.2, 0.25) is 0 Å². The van der Waals surface area contributed by atoms with Crippen LogP contribution in [0.4, 0.5) is 0 Å². The predicted molar refractivity (Wildman–Crippen MR) is 63.7 cm³/mol. The van der Waals surface area contributed by atoms with Gasteiger partial charge in [-0.25, -0.2) is 0 Å². The van der Waals surface area contributed by atoms with Gasteiger partial charge in [-0.1, -0.05) is 12.0 Å². The highest BCUT2D eigenvalue weighted by atomic mass is 16.3. The zero-order valence-electron chi connectivity index (χ0n) is 9.85. The van der Waals surface area contributed by atoms with E-state index in [1.807, 2.05) is 6.92 Å². The molecule has 0 fully saturated rings. The normalized spacial score (nSPS) is 9.71. The molecule has 1 aromatic heterocycles. The Labute approximate surface area is 99.6 Å². The largest absolute Gasteiger partial charge is 0.456 e. The van der Waals surface area contributed by atoms with E-state index in [1.165, 1.54) is 0 Å². The summed E-state index contributed by atoms with van der Waals surface area (Å²) in [6.07, 6.45) is 2.33. The van der Waals surface area contributed by atoms with Gasteiger partial charge < -0.3 is 9.73 Å². The van der Waals surface area contributed by atoms with Crippen LogP contribution in [-0.4, -0.2) is 19.0 Å². The van der Waals surface area contributed by atoms with Gasteiger partial charge in [-0.3, -0.25) is 4.79 Å². The molecular weight excluding hydrogens is 220 g/mol. The summed E-state index contributed by atoms with van der Waals surface area (Å²) in [5.74, 6) is 0.948. The number of nitrogens with zero attached hydrogens (tertiary/aromatic N) is 3. The molecule has 0 aliphatic carbocycles. The first-order chi connectivity index (χ1) is 8.27. The molecule has 1 rings (SSSR count). The summed E-state index contributed by atoms with van der Waals surface area (Å²) in [4.78, 5) is 14.2. The van der Waals surface area contributed by atoms with Gasteiger partial charge in [0, 0.05) is 24.4 Å². The Morgan fingerprint density at radius 3 is 3.00 bits per heavy atom. The summed E-state index contributed by atoms with van der Waals surface area (Å²) in [6.45, 7) is 2.99. The zero-order valence-corrected chi connectivity index (χ0v) is 9.85. The maximum Gasteiger partial charge on any atom is 0.286 e. The molecule has 1 N–H and O–H groups in total. The Balaban J connectivity index is 2.23. The Morgan fingerprint density at radius 2 is 2.35 bits per heavy atom. The number of rotatable bonds is 7. The fourth-order valence-corrected chi connectivity index (χ4v) is 1.33. The van der Waals surface area contributed by atoms with Crippen LogP contribution in [0.3, 0.4) is 0 Å². The van der Waals surface area contributed by atoms with Gasteiger partial charge in [0.2, 0.25) is 0 Å². The Hall–Kier alpha value is -1.94. The van der Waals surface area contributed by atoms with Crippen LogP contribution < -0.4 is 5.32 Å². The van der Waals surface area contributed by atoms with E-state index in [4.69, 9.17) is 9.95 Å². The number of aryl methyl sites for hydroxylation is 1. The molecule has 0 aromatic carbocycles. The first kappa shape index (κ1) is 13.1. The summed E-state index contributed by atoms with van der Waals surface area (Å²) in [5.41, 5.74) is 8.06. The van der Waals surface area contributed by atoms with Crippen molar-refractivity contribution in [1.29, 1.82) is 0 Å². The van der Waals surface area contributed by atoms with Crippen molar-refractivity contribution in [2.45, 2.75) is 26.2 Å². The third-order valence-corrected chi connectivity index (χ3v) is 2.27. The van der Waals surface area contributed by atoms with Gasteiger partial charge in [0.25, 0.3) is 5.91 Å². The average Bonchev–Trinajstić information content (AvgIpc) is 2.82. The van der Waals surface area contributed by atoms with Gasteiger partial charge in [0.1, 0.15) is 5.76 Å². The van der Waals surface area contributed by atoms with E-state index in [0.717, 1.165) is 25.0 Å². The van der Waals surface area contributed by atoms with Crippen molar-refractivity contribution in [1.82, 2.24) is 5.32 Å². The van der Waals surface area contributed by atoms with Gasteiger partial charge >= 0.3 is 0 Å². The van der Waals surface area contributed by atoms with E-state index in [-0.39, 0.29) is 5.91 Å². The second kappa shape index (κ2) is 7.35. The topological polar surface area (TPSA) is 91.0 Å². The monoisotopic (exact) mass is 236 g/mol. The quantitative estimate of drug-likeness (QED) is 0.341. The molecule has 6 nitrogen and oxygen atoms in total. The Morgan fingerprint density at radius 1 is 1.53 bits per heavy atom. The van der Waals surface area contributed by atoms with Gasteiger partial charge in [0.05, 0.1) is 0 Å². The van der Waals surface area contributed by atoms with E-state index in [1.54, 1.807) is 12.1 Å². The van der Waals surface area contributed by atoms with E-state index < -0.39 is 0 Å². The van der Waals surface area contributed by atoms with Crippen molar-refractivity contribution in [2.24, 2.45) is 5.11 Å². The number of hydrogen-bond donors (Lipinski definition) is 1. The molecule has 0 radical (unpaired) electrons. The Bertz CT molecular complexity index is 407. The van der Waals surface area contributed by atoms with Gasteiger partial charge in [-0.15, -0.1) is 0 Å². The fourth-order valence-electron chi connectivity index (χ4n) is 1.33. The lowest BCUT2D eigenvalue weighted by Gasteiger charge is -2.01. The van der Waals surface area contributed by atoms with Crippen LogP contribution in [-0.2, 0) is 6.42 Å². The average molecular weight is 236 g/mol. The molecule has 0 bridgehead atoms. The summed E-state index contributed by atoms with van der Waals surface area (Å²) in [6, 6.07) is 3.48. The maximum absolute atomic E-state index is 11.6. The second-order valence-corrected chi connectivity index (χ2v) is 3.54. The van der Waals surface area contributed by atoms with Crippen LogP contribution in [0.15, 0.2) is 21.7 Å². The second-order valence-electron chi connectivity index (χ2n) is 3.54. The SMILES string of the molecule is CCc1ccc(C(=O)NCCCCN=[N+]=[N-])o1. The number of azide groups is 1. The molecule has 92 valence electrons. The fraction of sp³-hybridized carbons (Fsp3) is 0.545. The molecule has 0 aliphatic heterocycles. The summed E-state index contributed by atoms with van der Waals surface area (Å²) in [7, 11) is 0. The highest BCUT2D eigenvalue weighted by molar-refractivity contribution is 5.91. The minimum Gasteiger partial charge on any atom is -0.456 e. The van der Waals surface area contributed by atoms with Crippen molar-refractivity contribution >= 4 is 5.91 Å². The van der Waals surface area contributed by atoms with Crippen molar-refractivity contribution in [2.75, 3.05) is 13.1 Å². The van der Waals surface area contributed by atoms with Crippen LogP contribution >= 0.6 is 0 Å². The number of carbonyl (C=O) groups excluding carboxylic acids is 1. The van der Waals surface area contributed by atoms with E-state index in [2.05, 4.69) is 15.3 Å². The lowest BCUT2D eigenvalue weighted by Crippen LogP contribution is -2.24. The van der Waals surface area contributed by atoms with Crippen LogP contribution in [0, 0.1) is 0 Å². The molecule has 0 spiro atoms. The van der Waals surface area contributed by atoms with Crippen molar-refractivity contribution in [3.05, 3.63) is 34.1 Å². The standard InChI is InChI=1S/C11H16N4O2/c1-2-9-5-6-10(17-9)11(16)13-7-3-4-8-14-15-12/h5-6H,2-4,7-8H2,1H3,(H,13,16). The number of nitrogens with one attached hydrogen (secondary N) is 1. The molecule has 1 heterocycles. The first-order valence-electron chi connectivity index (χ1n) is 5.65. The molecule has 17 heavy (non-hydrogen) atoms. The van der Waals surface area contributed by atoms with E-state index in [0.29, 0.717) is 18.8 Å².